The molecule has 0 bridgehead atoms. The molecule has 0 aliphatic carbocycles. The Morgan fingerprint density at radius 2 is 1.96 bits per heavy atom. The Morgan fingerprint density at radius 1 is 1.18 bits per heavy atom. The van der Waals surface area contributed by atoms with Crippen LogP contribution in [0.4, 0.5) is 0 Å². The van der Waals surface area contributed by atoms with E-state index >= 15 is 0 Å². The van der Waals surface area contributed by atoms with Crippen molar-refractivity contribution in [2.24, 2.45) is 0 Å². The molecule has 2 aromatic carbocycles. The summed E-state index contributed by atoms with van der Waals surface area (Å²) in [6, 6.07) is 15.1. The highest BCUT2D eigenvalue weighted by Crippen LogP contribution is 2.22. The zero-order valence-corrected chi connectivity index (χ0v) is 16.1. The van der Waals surface area contributed by atoms with Crippen LogP contribution in [0, 0.1) is 6.92 Å². The summed E-state index contributed by atoms with van der Waals surface area (Å²) in [5.74, 6) is 0.695. The quantitative estimate of drug-likeness (QED) is 0.551. The van der Waals surface area contributed by atoms with Crippen molar-refractivity contribution in [1.29, 1.82) is 0 Å². The summed E-state index contributed by atoms with van der Waals surface area (Å²) in [4.78, 5) is 15.8. The van der Waals surface area contributed by atoms with Crippen LogP contribution in [0.5, 0.6) is 5.75 Å². The summed E-state index contributed by atoms with van der Waals surface area (Å²) in [6.45, 7) is 3.97. The summed E-state index contributed by atoms with van der Waals surface area (Å²) in [7, 11) is 1.64. The van der Waals surface area contributed by atoms with E-state index < -0.39 is 0 Å². The van der Waals surface area contributed by atoms with Crippen LogP contribution in [0.1, 0.15) is 34.6 Å². The van der Waals surface area contributed by atoms with Crippen molar-refractivity contribution in [1.82, 2.24) is 20.1 Å². The van der Waals surface area contributed by atoms with Crippen molar-refractivity contribution in [3.63, 3.8) is 0 Å². The fraction of sp³-hybridized carbons (Fsp3) is 0.182. The number of hydrogen-bond acceptors (Lipinski definition) is 3. The molecule has 0 fully saturated rings. The van der Waals surface area contributed by atoms with Crippen molar-refractivity contribution in [3.8, 4) is 11.4 Å². The Hall–Kier alpha value is -3.54. The number of carbonyl (C=O) groups is 1. The molecule has 1 amide bonds. The molecule has 0 saturated heterocycles. The predicted molar refractivity (Wildman–Crippen MR) is 109 cm³/mol. The van der Waals surface area contributed by atoms with Crippen molar-refractivity contribution >= 4 is 16.8 Å². The zero-order chi connectivity index (χ0) is 19.7. The highest BCUT2D eigenvalue weighted by Gasteiger charge is 2.17. The van der Waals surface area contributed by atoms with Gasteiger partial charge in [0.05, 0.1) is 25.0 Å². The van der Waals surface area contributed by atoms with Crippen molar-refractivity contribution in [2.45, 2.75) is 19.9 Å². The van der Waals surface area contributed by atoms with Crippen molar-refractivity contribution < 1.29 is 9.53 Å². The van der Waals surface area contributed by atoms with Gasteiger partial charge < -0.3 is 15.0 Å². The maximum absolute atomic E-state index is 12.7. The largest absolute Gasteiger partial charge is 0.497 e. The van der Waals surface area contributed by atoms with Gasteiger partial charge in [-0.15, -0.1) is 0 Å². The standard InChI is InChI=1S/C22H22N4O2/c1-14(25-22(27)17-4-9-21-16(12-17)10-11-23-21)20-13-24-26(15(20)2)18-5-7-19(28-3)8-6-18/h4-14,23H,1-3H3,(H,25,27)/t14-/m1/s1. The van der Waals surface area contributed by atoms with Gasteiger partial charge in [-0.2, -0.15) is 5.10 Å². The molecule has 0 unspecified atom stereocenters. The number of aromatic amines is 1. The molecule has 6 nitrogen and oxygen atoms in total. The van der Waals surface area contributed by atoms with Gasteiger partial charge in [0.15, 0.2) is 0 Å². The number of hydrogen-bond donors (Lipinski definition) is 2. The summed E-state index contributed by atoms with van der Waals surface area (Å²) in [6.07, 6.45) is 3.67. The molecule has 142 valence electrons. The van der Waals surface area contributed by atoms with Gasteiger partial charge in [-0.1, -0.05) is 0 Å². The van der Waals surface area contributed by atoms with Crippen LogP contribution < -0.4 is 10.1 Å². The summed E-state index contributed by atoms with van der Waals surface area (Å²) < 4.78 is 7.07. The van der Waals surface area contributed by atoms with Crippen LogP contribution in [-0.4, -0.2) is 27.8 Å². The van der Waals surface area contributed by atoms with Crippen LogP contribution in [-0.2, 0) is 0 Å². The van der Waals surface area contributed by atoms with Gasteiger partial charge in [0.2, 0.25) is 0 Å². The van der Waals surface area contributed by atoms with Crippen LogP contribution in [0.3, 0.4) is 0 Å². The SMILES string of the molecule is COc1ccc(-n2ncc([C@@H](C)NC(=O)c3ccc4[nH]ccc4c3)c2C)cc1. The van der Waals surface area contributed by atoms with E-state index in [0.29, 0.717) is 5.56 Å². The number of nitrogens with one attached hydrogen (secondary N) is 2. The Balaban J connectivity index is 1.53. The first-order valence-corrected chi connectivity index (χ1v) is 9.14. The lowest BCUT2D eigenvalue weighted by Crippen LogP contribution is -2.26. The molecule has 4 aromatic rings. The zero-order valence-electron chi connectivity index (χ0n) is 16.1. The molecule has 1 atom stereocenters. The van der Waals surface area contributed by atoms with E-state index in [1.807, 2.05) is 73.3 Å². The third-order valence-corrected chi connectivity index (χ3v) is 4.99. The molecule has 4 rings (SSSR count). The number of amides is 1. The number of benzene rings is 2. The molecule has 28 heavy (non-hydrogen) atoms. The van der Waals surface area contributed by atoms with E-state index in [4.69, 9.17) is 4.74 Å². The molecule has 0 aliphatic rings. The summed E-state index contributed by atoms with van der Waals surface area (Å²) in [5.41, 5.74) is 4.56. The number of aromatic nitrogens is 3. The second-order valence-electron chi connectivity index (χ2n) is 6.77. The summed E-state index contributed by atoms with van der Waals surface area (Å²) >= 11 is 0. The second kappa shape index (κ2) is 7.23. The molecular weight excluding hydrogens is 352 g/mol. The average molecular weight is 374 g/mol. The molecule has 0 aliphatic heterocycles. The van der Waals surface area contributed by atoms with E-state index in [0.717, 1.165) is 33.6 Å². The van der Waals surface area contributed by atoms with E-state index in [1.54, 1.807) is 13.3 Å². The van der Waals surface area contributed by atoms with Gasteiger partial charge in [-0.3, -0.25) is 4.79 Å². The topological polar surface area (TPSA) is 71.9 Å². The fourth-order valence-corrected chi connectivity index (χ4v) is 3.38. The van der Waals surface area contributed by atoms with Gasteiger partial charge >= 0.3 is 0 Å². The average Bonchev–Trinajstić information content (AvgIpc) is 3.33. The molecule has 2 N–H and O–H groups in total. The minimum Gasteiger partial charge on any atom is -0.497 e. The Bertz CT molecular complexity index is 1130. The third kappa shape index (κ3) is 3.24. The molecule has 0 saturated carbocycles. The monoisotopic (exact) mass is 374 g/mol. The first-order valence-electron chi connectivity index (χ1n) is 9.14. The lowest BCUT2D eigenvalue weighted by molar-refractivity contribution is 0.0940. The van der Waals surface area contributed by atoms with E-state index in [-0.39, 0.29) is 11.9 Å². The minimum absolute atomic E-state index is 0.104. The minimum atomic E-state index is -0.165. The number of fused-ring (bicyclic) bond motifs is 1. The Labute approximate surface area is 163 Å². The smallest absolute Gasteiger partial charge is 0.251 e. The molecule has 0 spiro atoms. The molecule has 6 heteroatoms. The Kier molecular flexibility index (Phi) is 4.61. The number of H-pyrrole nitrogens is 1. The van der Waals surface area contributed by atoms with E-state index in [9.17, 15) is 4.79 Å². The highest BCUT2D eigenvalue weighted by atomic mass is 16.5. The number of nitrogens with zero attached hydrogens (tertiary/aromatic N) is 2. The lowest BCUT2D eigenvalue weighted by atomic mass is 10.1. The van der Waals surface area contributed by atoms with Crippen molar-refractivity contribution in [2.75, 3.05) is 7.11 Å². The normalized spacial score (nSPS) is 12.1. The first-order chi connectivity index (χ1) is 13.6. The molecule has 0 radical (unpaired) electrons. The summed E-state index contributed by atoms with van der Waals surface area (Å²) in [5, 5.41) is 8.59. The molecule has 2 aromatic heterocycles. The first kappa shape index (κ1) is 17.9. The van der Waals surface area contributed by atoms with Crippen LogP contribution in [0.15, 0.2) is 60.9 Å². The van der Waals surface area contributed by atoms with Crippen LogP contribution in [0.2, 0.25) is 0 Å². The van der Waals surface area contributed by atoms with E-state index in [2.05, 4.69) is 15.4 Å². The Morgan fingerprint density at radius 3 is 2.71 bits per heavy atom. The second-order valence-corrected chi connectivity index (χ2v) is 6.77. The third-order valence-electron chi connectivity index (χ3n) is 4.99. The van der Waals surface area contributed by atoms with Gasteiger partial charge in [-0.25, -0.2) is 4.68 Å². The van der Waals surface area contributed by atoms with Gasteiger partial charge in [0.25, 0.3) is 5.91 Å². The number of carbonyl (C=O) groups excluding carboxylic acids is 1. The molecule has 2 heterocycles. The lowest BCUT2D eigenvalue weighted by Gasteiger charge is -2.14. The molecular formula is C22H22N4O2. The maximum atomic E-state index is 12.7. The number of rotatable bonds is 5. The number of methoxy groups -OCH3 is 1. The highest BCUT2D eigenvalue weighted by molar-refractivity contribution is 5.98. The van der Waals surface area contributed by atoms with Gasteiger partial charge in [-0.05, 0) is 62.4 Å². The van der Waals surface area contributed by atoms with E-state index in [1.165, 1.54) is 0 Å². The van der Waals surface area contributed by atoms with Gasteiger partial charge in [0.1, 0.15) is 5.75 Å². The van der Waals surface area contributed by atoms with Crippen molar-refractivity contribution in [3.05, 3.63) is 77.7 Å². The predicted octanol–water partition coefficient (Wildman–Crippen LogP) is 4.16. The number of ether oxygens (including phenoxy) is 1. The fourth-order valence-electron chi connectivity index (χ4n) is 3.38. The van der Waals surface area contributed by atoms with Gasteiger partial charge in [0, 0.05) is 33.9 Å². The van der Waals surface area contributed by atoms with Crippen LogP contribution in [0.25, 0.3) is 16.6 Å². The maximum Gasteiger partial charge on any atom is 0.251 e. The van der Waals surface area contributed by atoms with Crippen LogP contribution >= 0.6 is 0 Å².